The van der Waals surface area contributed by atoms with E-state index in [0.29, 0.717) is 0 Å². The Kier molecular flexibility index (Phi) is 3.69. The highest BCUT2D eigenvalue weighted by Gasteiger charge is 1.89. The Balaban J connectivity index is 2.58. The van der Waals surface area contributed by atoms with E-state index in [4.69, 9.17) is 0 Å². The van der Waals surface area contributed by atoms with Crippen LogP contribution in [0.2, 0.25) is 0 Å². The van der Waals surface area contributed by atoms with Gasteiger partial charge < -0.3 is 0 Å². The Labute approximate surface area is 80.5 Å². The number of hydrogen-bond acceptors (Lipinski definition) is 1. The first-order valence-electron chi connectivity index (χ1n) is 4.77. The number of aryl methyl sites for hydroxylation is 1. The fourth-order valence-corrected chi connectivity index (χ4v) is 1.15. The summed E-state index contributed by atoms with van der Waals surface area (Å²) in [6, 6.07) is 4.13. The van der Waals surface area contributed by atoms with Gasteiger partial charge in [-0.05, 0) is 37.0 Å². The summed E-state index contributed by atoms with van der Waals surface area (Å²) in [5, 5.41) is 0. The number of aromatic nitrogens is 1. The number of hydrogen-bond donors (Lipinski definition) is 0. The second-order valence-corrected chi connectivity index (χ2v) is 3.76. The monoisotopic (exact) mass is 175 g/mol. The van der Waals surface area contributed by atoms with Gasteiger partial charge in [-0.15, -0.1) is 0 Å². The average Bonchev–Trinajstić information content (AvgIpc) is 2.03. The van der Waals surface area contributed by atoms with Crippen LogP contribution in [0.25, 0.3) is 6.08 Å². The van der Waals surface area contributed by atoms with Gasteiger partial charge in [0.15, 0.2) is 0 Å². The van der Waals surface area contributed by atoms with Crippen molar-refractivity contribution in [2.75, 3.05) is 0 Å². The van der Waals surface area contributed by atoms with E-state index in [2.05, 4.69) is 37.0 Å². The quantitative estimate of drug-likeness (QED) is 0.685. The summed E-state index contributed by atoms with van der Waals surface area (Å²) in [5.41, 5.74) is 2.32. The lowest BCUT2D eigenvalue weighted by atomic mass is 10.1. The van der Waals surface area contributed by atoms with Crippen molar-refractivity contribution in [2.45, 2.75) is 27.2 Å². The van der Waals surface area contributed by atoms with E-state index < -0.39 is 0 Å². The summed E-state index contributed by atoms with van der Waals surface area (Å²) in [5.74, 6) is 0.735. The summed E-state index contributed by atoms with van der Waals surface area (Å²) in [7, 11) is 0. The van der Waals surface area contributed by atoms with E-state index in [9.17, 15) is 0 Å². The maximum atomic E-state index is 4.15. The van der Waals surface area contributed by atoms with E-state index in [-0.39, 0.29) is 0 Å². The van der Waals surface area contributed by atoms with Crippen LogP contribution in [0, 0.1) is 12.8 Å². The molecule has 1 nitrogen and oxygen atoms in total. The highest BCUT2D eigenvalue weighted by molar-refractivity contribution is 5.48. The van der Waals surface area contributed by atoms with Gasteiger partial charge in [-0.25, -0.2) is 0 Å². The van der Waals surface area contributed by atoms with E-state index >= 15 is 0 Å². The van der Waals surface area contributed by atoms with Crippen molar-refractivity contribution in [1.29, 1.82) is 0 Å². The topological polar surface area (TPSA) is 12.9 Å². The second kappa shape index (κ2) is 4.80. The first-order chi connectivity index (χ1) is 6.18. The van der Waals surface area contributed by atoms with E-state index in [1.54, 1.807) is 0 Å². The molecule has 0 bridgehead atoms. The zero-order valence-electron chi connectivity index (χ0n) is 8.62. The highest BCUT2D eigenvalue weighted by Crippen LogP contribution is 2.06. The molecule has 0 spiro atoms. The molecule has 0 fully saturated rings. The van der Waals surface area contributed by atoms with Gasteiger partial charge in [-0.2, -0.15) is 0 Å². The maximum Gasteiger partial charge on any atom is 0.0378 e. The van der Waals surface area contributed by atoms with Gasteiger partial charge in [0.2, 0.25) is 0 Å². The van der Waals surface area contributed by atoms with E-state index in [1.807, 2.05) is 19.2 Å². The van der Waals surface area contributed by atoms with E-state index in [1.165, 1.54) is 5.56 Å². The summed E-state index contributed by atoms with van der Waals surface area (Å²) >= 11 is 0. The fourth-order valence-electron chi connectivity index (χ4n) is 1.15. The van der Waals surface area contributed by atoms with Gasteiger partial charge in [0, 0.05) is 11.9 Å². The van der Waals surface area contributed by atoms with Crippen molar-refractivity contribution in [3.8, 4) is 0 Å². The van der Waals surface area contributed by atoms with Crippen molar-refractivity contribution in [3.05, 3.63) is 35.7 Å². The molecule has 1 rings (SSSR count). The summed E-state index contributed by atoms with van der Waals surface area (Å²) in [6.45, 7) is 6.46. The Morgan fingerprint density at radius 3 is 2.85 bits per heavy atom. The molecule has 0 saturated heterocycles. The third-order valence-electron chi connectivity index (χ3n) is 1.84. The van der Waals surface area contributed by atoms with Gasteiger partial charge in [0.25, 0.3) is 0 Å². The molecule has 0 N–H and O–H groups in total. The Hall–Kier alpha value is -1.11. The smallest absolute Gasteiger partial charge is 0.0378 e. The molecule has 0 atom stereocenters. The van der Waals surface area contributed by atoms with Gasteiger partial charge >= 0.3 is 0 Å². The lowest BCUT2D eigenvalue weighted by Crippen LogP contribution is -1.83. The van der Waals surface area contributed by atoms with Crippen molar-refractivity contribution in [2.24, 2.45) is 5.92 Å². The molecule has 13 heavy (non-hydrogen) atoms. The van der Waals surface area contributed by atoms with Crippen LogP contribution in [-0.2, 0) is 0 Å². The summed E-state index contributed by atoms with van der Waals surface area (Å²) < 4.78 is 0. The number of nitrogens with zero attached hydrogens (tertiary/aromatic N) is 1. The molecule has 0 saturated carbocycles. The van der Waals surface area contributed by atoms with Crippen LogP contribution in [-0.4, -0.2) is 4.98 Å². The lowest BCUT2D eigenvalue weighted by Gasteiger charge is -1.97. The van der Waals surface area contributed by atoms with Crippen LogP contribution in [0.4, 0.5) is 0 Å². The number of pyridine rings is 1. The normalized spacial score (nSPS) is 11.4. The van der Waals surface area contributed by atoms with Gasteiger partial charge in [-0.3, -0.25) is 4.98 Å². The molecule has 0 aliphatic carbocycles. The van der Waals surface area contributed by atoms with Gasteiger partial charge in [0.1, 0.15) is 0 Å². The highest BCUT2D eigenvalue weighted by atomic mass is 14.6. The van der Waals surface area contributed by atoms with Crippen molar-refractivity contribution in [1.82, 2.24) is 4.98 Å². The van der Waals surface area contributed by atoms with Crippen molar-refractivity contribution in [3.63, 3.8) is 0 Å². The first-order valence-corrected chi connectivity index (χ1v) is 4.77. The number of rotatable bonds is 3. The lowest BCUT2D eigenvalue weighted by molar-refractivity contribution is 0.665. The minimum absolute atomic E-state index is 0.735. The van der Waals surface area contributed by atoms with E-state index in [0.717, 1.165) is 18.0 Å². The second-order valence-electron chi connectivity index (χ2n) is 3.76. The Bertz CT molecular complexity index is 287. The molecule has 0 aliphatic heterocycles. The summed E-state index contributed by atoms with van der Waals surface area (Å²) in [4.78, 5) is 4.15. The van der Waals surface area contributed by atoms with Gasteiger partial charge in [0.05, 0.1) is 0 Å². The molecule has 70 valence electrons. The Morgan fingerprint density at radius 1 is 1.46 bits per heavy atom. The molecule has 1 heteroatoms. The fraction of sp³-hybridized carbons (Fsp3) is 0.417. The molecule has 1 aromatic rings. The zero-order chi connectivity index (χ0) is 9.68. The summed E-state index contributed by atoms with van der Waals surface area (Å²) in [6.07, 6.45) is 7.37. The van der Waals surface area contributed by atoms with Crippen LogP contribution in [0.5, 0.6) is 0 Å². The molecule has 0 aliphatic rings. The standard InChI is InChI=1S/C12H17N/c1-10(2)5-4-6-12-7-8-13-11(3)9-12/h4,6-10H,5H2,1-3H3/b6-4+. The van der Waals surface area contributed by atoms with Crippen LogP contribution in [0.3, 0.4) is 0 Å². The number of allylic oxidation sites excluding steroid dienone is 1. The average molecular weight is 175 g/mol. The predicted molar refractivity (Wildman–Crippen MR) is 57.5 cm³/mol. The van der Waals surface area contributed by atoms with Crippen LogP contribution in [0.15, 0.2) is 24.4 Å². The molecule has 1 aromatic heterocycles. The van der Waals surface area contributed by atoms with Gasteiger partial charge in [-0.1, -0.05) is 26.0 Å². The molecule has 0 radical (unpaired) electrons. The molecule has 1 heterocycles. The maximum absolute atomic E-state index is 4.15. The molecule has 0 aromatic carbocycles. The first kappa shape index (κ1) is 9.97. The zero-order valence-corrected chi connectivity index (χ0v) is 8.62. The minimum Gasteiger partial charge on any atom is -0.262 e. The molecule has 0 amide bonds. The predicted octanol–water partition coefficient (Wildman–Crippen LogP) is 3.45. The van der Waals surface area contributed by atoms with Crippen molar-refractivity contribution < 1.29 is 0 Å². The largest absolute Gasteiger partial charge is 0.262 e. The minimum atomic E-state index is 0.735. The molecular formula is C12H17N. The third kappa shape index (κ3) is 3.88. The molecular weight excluding hydrogens is 158 g/mol. The SMILES string of the molecule is Cc1cc(/C=C/CC(C)C)ccn1. The molecule has 0 unspecified atom stereocenters. The van der Waals surface area contributed by atoms with Crippen LogP contribution < -0.4 is 0 Å². The van der Waals surface area contributed by atoms with Crippen molar-refractivity contribution >= 4 is 6.08 Å². The van der Waals surface area contributed by atoms with Crippen LogP contribution >= 0.6 is 0 Å². The Morgan fingerprint density at radius 2 is 2.23 bits per heavy atom. The third-order valence-corrected chi connectivity index (χ3v) is 1.84. The van der Waals surface area contributed by atoms with Crippen LogP contribution in [0.1, 0.15) is 31.5 Å².